The second-order valence-electron chi connectivity index (χ2n) is 13.8. The molecule has 0 saturated heterocycles. The van der Waals surface area contributed by atoms with Crippen molar-refractivity contribution in [3.05, 3.63) is 175 Å². The number of para-hydroxylation sites is 1. The van der Waals surface area contributed by atoms with Gasteiger partial charge in [0.2, 0.25) is 0 Å². The van der Waals surface area contributed by atoms with Crippen LogP contribution in [0.25, 0.3) is 64.7 Å². The van der Waals surface area contributed by atoms with Crippen LogP contribution in [0, 0.1) is 0 Å². The number of hydrogen-bond acceptors (Lipinski definition) is 3. The number of fused-ring (bicyclic) bond motifs is 8. The molecule has 0 aliphatic heterocycles. The monoisotopic (exact) mass is 659 g/mol. The molecule has 0 atom stereocenters. The minimum absolute atomic E-state index is 0.119. The largest absolute Gasteiger partial charge is 0.456 e. The molecular weight excluding hydrogens is 627 g/mol. The lowest BCUT2D eigenvalue weighted by Crippen LogP contribution is -2.14. The first-order valence-electron chi connectivity index (χ1n) is 17.2. The molecule has 0 amide bonds. The Labute approximate surface area is 295 Å². The summed E-state index contributed by atoms with van der Waals surface area (Å²) in [6.45, 7) is 4.62. The van der Waals surface area contributed by atoms with E-state index in [2.05, 4.69) is 176 Å². The van der Waals surface area contributed by atoms with Crippen LogP contribution in [-0.4, -0.2) is 0 Å². The fraction of sp³-hybridized carbons (Fsp3) is 0.0638. The average Bonchev–Trinajstić information content (AvgIpc) is 3.81. The molecule has 0 spiro atoms. The predicted octanol–water partition coefficient (Wildman–Crippen LogP) is 13.9. The number of furan rings is 1. The van der Waals surface area contributed by atoms with Gasteiger partial charge in [0.25, 0.3) is 0 Å². The van der Waals surface area contributed by atoms with E-state index in [4.69, 9.17) is 4.42 Å². The molecule has 0 N–H and O–H groups in total. The molecular formula is C47H33NOS. The molecule has 0 saturated carbocycles. The maximum absolute atomic E-state index is 6.49. The van der Waals surface area contributed by atoms with Crippen molar-refractivity contribution in [3.63, 3.8) is 0 Å². The van der Waals surface area contributed by atoms with Crippen LogP contribution in [0.5, 0.6) is 0 Å². The quantitative estimate of drug-likeness (QED) is 0.183. The van der Waals surface area contributed by atoms with Crippen LogP contribution in [-0.2, 0) is 5.41 Å². The summed E-state index contributed by atoms with van der Waals surface area (Å²) >= 11 is 1.85. The predicted molar refractivity (Wildman–Crippen MR) is 212 cm³/mol. The fourth-order valence-corrected chi connectivity index (χ4v) is 9.12. The zero-order valence-electron chi connectivity index (χ0n) is 27.9. The van der Waals surface area contributed by atoms with Crippen LogP contribution < -0.4 is 4.90 Å². The molecule has 0 unspecified atom stereocenters. The highest BCUT2D eigenvalue weighted by molar-refractivity contribution is 7.25. The van der Waals surface area contributed by atoms with Crippen molar-refractivity contribution in [2.24, 2.45) is 0 Å². The van der Waals surface area contributed by atoms with Gasteiger partial charge < -0.3 is 9.32 Å². The van der Waals surface area contributed by atoms with Crippen molar-refractivity contribution < 1.29 is 4.42 Å². The first-order chi connectivity index (χ1) is 24.5. The van der Waals surface area contributed by atoms with Gasteiger partial charge >= 0.3 is 0 Å². The van der Waals surface area contributed by atoms with E-state index in [-0.39, 0.29) is 5.41 Å². The van der Waals surface area contributed by atoms with Gasteiger partial charge in [-0.3, -0.25) is 0 Å². The van der Waals surface area contributed by atoms with Gasteiger partial charge in [0.1, 0.15) is 11.3 Å². The Kier molecular flexibility index (Phi) is 6.43. The van der Waals surface area contributed by atoms with E-state index in [1.54, 1.807) is 0 Å². The molecule has 1 aliphatic carbocycles. The molecule has 0 fully saturated rings. The van der Waals surface area contributed by atoms with Crippen molar-refractivity contribution in [3.8, 4) is 33.6 Å². The van der Waals surface area contributed by atoms with Crippen molar-refractivity contribution >= 4 is 59.5 Å². The summed E-state index contributed by atoms with van der Waals surface area (Å²) in [5.41, 5.74) is 12.8. The molecule has 0 radical (unpaired) electrons. The van der Waals surface area contributed by atoms with E-state index in [0.717, 1.165) is 28.4 Å². The normalized spacial score (nSPS) is 13.2. The molecule has 2 aromatic heterocycles. The maximum atomic E-state index is 6.49. The Bertz CT molecular complexity index is 2710. The number of benzene rings is 7. The van der Waals surface area contributed by atoms with Crippen molar-refractivity contribution in [2.75, 3.05) is 4.90 Å². The lowest BCUT2D eigenvalue weighted by molar-refractivity contribution is 0.619. The van der Waals surface area contributed by atoms with Crippen LogP contribution in [0.3, 0.4) is 0 Å². The Morgan fingerprint density at radius 1 is 0.480 bits per heavy atom. The smallest absolute Gasteiger partial charge is 0.139 e. The third-order valence-corrected chi connectivity index (χ3v) is 11.6. The number of thiophene rings is 1. The Hall–Kier alpha value is -5.90. The highest BCUT2D eigenvalue weighted by atomic mass is 32.1. The SMILES string of the molecule is CC1(C)c2ccc(-c3ccc(N(c4ccc(-c5ccccc5)cc4)c4ccc5c(c4)sc4ccccc45)cc3)cc2-c2oc3ccccc3c21. The molecule has 3 heteroatoms. The van der Waals surface area contributed by atoms with E-state index in [9.17, 15) is 0 Å². The van der Waals surface area contributed by atoms with E-state index >= 15 is 0 Å². The summed E-state index contributed by atoms with van der Waals surface area (Å²) in [7, 11) is 0. The van der Waals surface area contributed by atoms with Gasteiger partial charge in [-0.2, -0.15) is 0 Å². The van der Waals surface area contributed by atoms with E-state index in [1.807, 2.05) is 17.4 Å². The van der Waals surface area contributed by atoms with Crippen LogP contribution in [0.2, 0.25) is 0 Å². The zero-order chi connectivity index (χ0) is 33.4. The van der Waals surface area contributed by atoms with Crippen LogP contribution in [0.1, 0.15) is 25.0 Å². The van der Waals surface area contributed by atoms with E-state index in [0.29, 0.717) is 0 Å². The molecule has 50 heavy (non-hydrogen) atoms. The number of rotatable bonds is 5. The van der Waals surface area contributed by atoms with E-state index < -0.39 is 0 Å². The molecule has 7 aromatic carbocycles. The molecule has 1 aliphatic rings. The lowest BCUT2D eigenvalue weighted by Gasteiger charge is -2.26. The van der Waals surface area contributed by atoms with Gasteiger partial charge in [0.05, 0.1) is 0 Å². The molecule has 10 rings (SSSR count). The van der Waals surface area contributed by atoms with Crippen LogP contribution in [0.15, 0.2) is 168 Å². The number of nitrogens with zero attached hydrogens (tertiary/aromatic N) is 1. The van der Waals surface area contributed by atoms with Crippen molar-refractivity contribution in [1.82, 2.24) is 0 Å². The van der Waals surface area contributed by atoms with Gasteiger partial charge in [-0.1, -0.05) is 123 Å². The van der Waals surface area contributed by atoms with Gasteiger partial charge in [-0.25, -0.2) is 0 Å². The van der Waals surface area contributed by atoms with Gasteiger partial charge in [0.15, 0.2) is 0 Å². The standard InChI is InChI=1S/C47H33NOS/c1-47(2)41-27-20-33(28-40(41)46-45(47)39-13-6-8-14-42(39)49-46)32-18-23-35(24-19-32)48(34-21-16-31(17-22-34)30-10-4-3-5-11-30)36-25-26-38-37-12-7-9-15-43(37)50-44(38)29-36/h3-29H,1-2H3. The van der Waals surface area contributed by atoms with Crippen molar-refractivity contribution in [1.29, 1.82) is 0 Å². The van der Waals surface area contributed by atoms with E-state index in [1.165, 1.54) is 64.5 Å². The molecule has 2 nitrogen and oxygen atoms in total. The number of hydrogen-bond donors (Lipinski definition) is 0. The maximum Gasteiger partial charge on any atom is 0.139 e. The number of anilines is 3. The second-order valence-corrected chi connectivity index (χ2v) is 14.8. The van der Waals surface area contributed by atoms with Gasteiger partial charge in [-0.15, -0.1) is 11.3 Å². The third-order valence-electron chi connectivity index (χ3n) is 10.5. The Balaban J connectivity index is 1.06. The summed E-state index contributed by atoms with van der Waals surface area (Å²) in [6, 6.07) is 59.3. The lowest BCUT2D eigenvalue weighted by atomic mass is 9.81. The van der Waals surface area contributed by atoms with Crippen LogP contribution in [0.4, 0.5) is 17.1 Å². The zero-order valence-corrected chi connectivity index (χ0v) is 28.7. The van der Waals surface area contributed by atoms with Gasteiger partial charge in [0, 0.05) is 59.2 Å². The minimum Gasteiger partial charge on any atom is -0.456 e. The summed E-state index contributed by atoms with van der Waals surface area (Å²) < 4.78 is 9.10. The Morgan fingerprint density at radius 3 is 1.82 bits per heavy atom. The molecule has 238 valence electrons. The Morgan fingerprint density at radius 2 is 1.06 bits per heavy atom. The minimum atomic E-state index is -0.119. The summed E-state index contributed by atoms with van der Waals surface area (Å²) in [5, 5.41) is 3.83. The summed E-state index contributed by atoms with van der Waals surface area (Å²) in [5.74, 6) is 1.01. The van der Waals surface area contributed by atoms with Crippen molar-refractivity contribution in [2.45, 2.75) is 19.3 Å². The molecule has 2 heterocycles. The average molecular weight is 660 g/mol. The molecule has 9 aromatic rings. The third kappa shape index (κ3) is 4.47. The highest BCUT2D eigenvalue weighted by Crippen LogP contribution is 2.53. The molecule has 0 bridgehead atoms. The first kappa shape index (κ1) is 29.1. The second kappa shape index (κ2) is 11.1. The summed E-state index contributed by atoms with van der Waals surface area (Å²) in [6.07, 6.45) is 0. The van der Waals surface area contributed by atoms with Gasteiger partial charge in [-0.05, 0) is 82.4 Å². The van der Waals surface area contributed by atoms with Crippen LogP contribution >= 0.6 is 11.3 Å². The first-order valence-corrected chi connectivity index (χ1v) is 18.0. The summed E-state index contributed by atoms with van der Waals surface area (Å²) in [4.78, 5) is 2.37. The fourth-order valence-electron chi connectivity index (χ4n) is 7.98. The highest BCUT2D eigenvalue weighted by Gasteiger charge is 2.40. The topological polar surface area (TPSA) is 16.4 Å².